The van der Waals surface area contributed by atoms with E-state index < -0.39 is 22.2 Å². The molecule has 0 saturated carbocycles. The van der Waals surface area contributed by atoms with Crippen LogP contribution in [0.15, 0.2) is 78.1 Å². The Hall–Kier alpha value is -6.04. The number of nitrogens with one attached hydrogen (secondary N) is 3. The van der Waals surface area contributed by atoms with Gasteiger partial charge in [0.15, 0.2) is 11.5 Å². The van der Waals surface area contributed by atoms with Crippen molar-refractivity contribution >= 4 is 50.5 Å². The quantitative estimate of drug-likeness (QED) is 0.211. The third-order valence-electron chi connectivity index (χ3n) is 7.88. The number of carbonyl (C=O) groups is 1. The molecule has 13 nitrogen and oxygen atoms in total. The van der Waals surface area contributed by atoms with Crippen molar-refractivity contribution in [2.75, 3.05) is 11.3 Å². The van der Waals surface area contributed by atoms with Crippen molar-refractivity contribution in [1.29, 1.82) is 0 Å². The third kappa shape index (κ3) is 5.40. The number of pyridine rings is 1. The molecule has 4 heterocycles. The fourth-order valence-electron chi connectivity index (χ4n) is 5.93. The maximum absolute atomic E-state index is 14.6. The van der Waals surface area contributed by atoms with Gasteiger partial charge >= 0.3 is 0 Å². The summed E-state index contributed by atoms with van der Waals surface area (Å²) in [5.41, 5.74) is 3.82. The first-order valence-electron chi connectivity index (χ1n) is 15.1. The van der Waals surface area contributed by atoms with Gasteiger partial charge in [-0.3, -0.25) is 23.6 Å². The first-order chi connectivity index (χ1) is 23.1. The highest BCUT2D eigenvalue weighted by Gasteiger charge is 2.29. The molecule has 0 fully saturated rings. The average molecular weight is 660 g/mol. The zero-order valence-corrected chi connectivity index (χ0v) is 26.9. The lowest BCUT2D eigenvalue weighted by Crippen LogP contribution is -2.34. The number of aryl methyl sites for hydroxylation is 1. The van der Waals surface area contributed by atoms with Gasteiger partial charge in [-0.2, -0.15) is 18.2 Å². The van der Waals surface area contributed by atoms with Crippen LogP contribution in [0, 0.1) is 11.8 Å². The highest BCUT2D eigenvalue weighted by Crippen LogP contribution is 2.37. The molecule has 0 spiro atoms. The van der Waals surface area contributed by atoms with Gasteiger partial charge in [-0.1, -0.05) is 55.2 Å². The fraction of sp³-hybridized carbons (Fsp3) is 0.147. The minimum absolute atomic E-state index is 0.0704. The second-order valence-electron chi connectivity index (χ2n) is 11.1. The van der Waals surface area contributed by atoms with E-state index in [1.54, 1.807) is 47.8 Å². The smallest absolute Gasteiger partial charge is 0.300 e. The van der Waals surface area contributed by atoms with E-state index in [1.165, 1.54) is 10.7 Å². The minimum Gasteiger partial charge on any atom is -0.344 e. The lowest BCUT2D eigenvalue weighted by Gasteiger charge is -2.23. The van der Waals surface area contributed by atoms with Gasteiger partial charge in [0.2, 0.25) is 0 Å². The van der Waals surface area contributed by atoms with Crippen LogP contribution >= 0.6 is 0 Å². The zero-order valence-electron chi connectivity index (χ0n) is 26.1. The zero-order chi connectivity index (χ0) is 33.6. The maximum Gasteiger partial charge on any atom is 0.300 e. The molecule has 1 aliphatic rings. The third-order valence-corrected chi connectivity index (χ3v) is 9.01. The number of para-hydroxylation sites is 1. The summed E-state index contributed by atoms with van der Waals surface area (Å²) in [6.45, 7) is 3.54. The van der Waals surface area contributed by atoms with E-state index >= 15 is 0 Å². The van der Waals surface area contributed by atoms with Crippen LogP contribution in [0.1, 0.15) is 58.2 Å². The molecule has 4 aromatic heterocycles. The Morgan fingerprint density at radius 2 is 1.85 bits per heavy atom. The van der Waals surface area contributed by atoms with Crippen molar-refractivity contribution in [2.45, 2.75) is 19.9 Å². The summed E-state index contributed by atoms with van der Waals surface area (Å²) in [7, 11) is -2.21. The summed E-state index contributed by atoms with van der Waals surface area (Å²) < 4.78 is 34.5. The second-order valence-corrected chi connectivity index (χ2v) is 12.6. The van der Waals surface area contributed by atoms with E-state index in [9.17, 15) is 18.0 Å². The van der Waals surface area contributed by atoms with Gasteiger partial charge in [0.1, 0.15) is 5.56 Å². The molecule has 48 heavy (non-hydrogen) atoms. The molecule has 0 bridgehead atoms. The maximum atomic E-state index is 14.6. The van der Waals surface area contributed by atoms with E-state index in [0.29, 0.717) is 27.9 Å². The number of anilines is 1. The Morgan fingerprint density at radius 1 is 1.04 bits per heavy atom. The van der Waals surface area contributed by atoms with Crippen molar-refractivity contribution < 1.29 is 13.2 Å². The topological polar surface area (TPSA) is 157 Å². The molecule has 7 rings (SSSR count). The van der Waals surface area contributed by atoms with Crippen LogP contribution in [0.2, 0.25) is 0 Å². The molecule has 240 valence electrons. The number of amides is 1. The van der Waals surface area contributed by atoms with Crippen LogP contribution < -0.4 is 20.3 Å². The lowest BCUT2D eigenvalue weighted by molar-refractivity contribution is 0.0941. The molecule has 14 heteroatoms. The summed E-state index contributed by atoms with van der Waals surface area (Å²) in [5, 5.41) is 12.6. The fourth-order valence-corrected chi connectivity index (χ4v) is 6.78. The average Bonchev–Trinajstić information content (AvgIpc) is 3.78. The second kappa shape index (κ2) is 12.0. The Kier molecular flexibility index (Phi) is 7.62. The first-order valence-corrected chi connectivity index (χ1v) is 16.5. The first kappa shape index (κ1) is 30.6. The number of benzene rings is 2. The Bertz CT molecular complexity index is 2520. The molecule has 0 unspecified atom stereocenters. The monoisotopic (exact) mass is 659 g/mol. The Balaban J connectivity index is 1.38. The van der Waals surface area contributed by atoms with Crippen molar-refractivity contribution in [1.82, 2.24) is 39.0 Å². The largest absolute Gasteiger partial charge is 0.344 e. The van der Waals surface area contributed by atoms with Gasteiger partial charge in [0.05, 0.1) is 28.9 Å². The summed E-state index contributed by atoms with van der Waals surface area (Å²) in [6, 6.07) is 13.8. The van der Waals surface area contributed by atoms with Crippen LogP contribution in [0.3, 0.4) is 0 Å². The Labute approximate surface area is 275 Å². The summed E-state index contributed by atoms with van der Waals surface area (Å²) >= 11 is 0. The van der Waals surface area contributed by atoms with Crippen LogP contribution in [0.25, 0.3) is 34.3 Å². The van der Waals surface area contributed by atoms with Gasteiger partial charge in [-0.15, -0.1) is 5.10 Å². The SMILES string of the molecule is CCNS(=O)(=O)Nc1nn2cccnc2c1C(=O)N[C@@H](C)c1c2c3c(ccc(C#Cc4cnn(C)c4)c3c(=O)n1-c1ccccc1)C=C2. The van der Waals surface area contributed by atoms with E-state index in [1.807, 2.05) is 61.7 Å². The predicted molar refractivity (Wildman–Crippen MR) is 183 cm³/mol. The molecule has 3 N–H and O–H groups in total. The van der Waals surface area contributed by atoms with Gasteiger partial charge < -0.3 is 5.32 Å². The highest BCUT2D eigenvalue weighted by molar-refractivity contribution is 7.90. The van der Waals surface area contributed by atoms with Crippen LogP contribution in [0.5, 0.6) is 0 Å². The van der Waals surface area contributed by atoms with Crippen LogP contribution in [-0.4, -0.2) is 49.8 Å². The van der Waals surface area contributed by atoms with Crippen molar-refractivity contribution in [3.63, 3.8) is 0 Å². The number of aromatic nitrogens is 6. The van der Waals surface area contributed by atoms with Crippen molar-refractivity contribution in [2.24, 2.45) is 7.05 Å². The molecular weight excluding hydrogens is 631 g/mol. The van der Waals surface area contributed by atoms with Crippen molar-refractivity contribution in [3.8, 4) is 17.5 Å². The molecule has 0 radical (unpaired) electrons. The van der Waals surface area contributed by atoms with Gasteiger partial charge in [0.25, 0.3) is 21.7 Å². The lowest BCUT2D eigenvalue weighted by atomic mass is 9.96. The van der Waals surface area contributed by atoms with Gasteiger partial charge in [-0.05, 0) is 36.8 Å². The Morgan fingerprint density at radius 3 is 2.60 bits per heavy atom. The number of rotatable bonds is 8. The van der Waals surface area contributed by atoms with E-state index in [-0.39, 0.29) is 29.1 Å². The van der Waals surface area contributed by atoms with Crippen molar-refractivity contribution in [3.05, 3.63) is 117 Å². The van der Waals surface area contributed by atoms with Crippen LogP contribution in [-0.2, 0) is 17.3 Å². The molecule has 1 atom stereocenters. The molecule has 2 aromatic carbocycles. The van der Waals surface area contributed by atoms with Gasteiger partial charge in [0, 0.05) is 54.4 Å². The minimum atomic E-state index is -4.02. The summed E-state index contributed by atoms with van der Waals surface area (Å²) in [4.78, 5) is 33.0. The number of carbonyl (C=O) groups excluding carboxylic acids is 1. The predicted octanol–water partition coefficient (Wildman–Crippen LogP) is 3.41. The highest BCUT2D eigenvalue weighted by atomic mass is 32.2. The summed E-state index contributed by atoms with van der Waals surface area (Å²) in [6.07, 6.45) is 10.4. The molecule has 0 aliphatic heterocycles. The standard InChI is InChI=1S/C34H29N9O4S/c1-4-37-48(46,47)40-31-29(32-35-17-8-18-42(32)39-31)33(44)38-21(2)30-26-16-15-23-13-14-24(12-11-22-19-36-41(3)20-22)28(27(23)26)34(45)43(30)25-9-6-5-7-10-25/h5-10,13-21,37H,4H2,1-3H3,(H,38,44)(H,39,40)/t21-/m0/s1. The molecule has 1 amide bonds. The molecule has 6 aromatic rings. The number of fused-ring (bicyclic) bond motifs is 1. The number of nitrogens with zero attached hydrogens (tertiary/aromatic N) is 6. The van der Waals surface area contributed by atoms with Crippen LogP contribution in [0.4, 0.5) is 5.82 Å². The van der Waals surface area contributed by atoms with E-state index in [4.69, 9.17) is 0 Å². The molecular formula is C34H29N9O4S. The number of hydrogen-bond acceptors (Lipinski definition) is 7. The number of hydrogen-bond donors (Lipinski definition) is 3. The molecule has 1 aliphatic carbocycles. The van der Waals surface area contributed by atoms with Gasteiger partial charge in [-0.25, -0.2) is 9.50 Å². The van der Waals surface area contributed by atoms with E-state index in [0.717, 1.165) is 16.5 Å². The van der Waals surface area contributed by atoms with E-state index in [2.05, 4.69) is 41.8 Å². The molecule has 0 saturated heterocycles. The normalized spacial score (nSPS) is 12.6. The summed E-state index contributed by atoms with van der Waals surface area (Å²) in [5.74, 6) is 5.47.